The maximum Gasteiger partial charge on any atom is 0.338 e. The van der Waals surface area contributed by atoms with Gasteiger partial charge in [-0.1, -0.05) is 23.8 Å². The highest BCUT2D eigenvalue weighted by atomic mass is 35.5. The van der Waals surface area contributed by atoms with E-state index >= 15 is 0 Å². The summed E-state index contributed by atoms with van der Waals surface area (Å²) >= 11 is 5.78. The molecule has 1 aromatic rings. The number of benzene rings is 1. The summed E-state index contributed by atoms with van der Waals surface area (Å²) in [5.74, 6) is 1.59. The lowest BCUT2D eigenvalue weighted by atomic mass is 9.95. The van der Waals surface area contributed by atoms with Crippen LogP contribution in [-0.2, 0) is 4.74 Å². The zero-order valence-corrected chi connectivity index (χ0v) is 10.8. The Morgan fingerprint density at radius 3 is 2.61 bits per heavy atom. The van der Waals surface area contributed by atoms with Gasteiger partial charge in [0.25, 0.3) is 0 Å². The van der Waals surface area contributed by atoms with Gasteiger partial charge in [-0.3, -0.25) is 0 Å². The van der Waals surface area contributed by atoms with E-state index in [1.54, 1.807) is 24.3 Å². The third-order valence-electron chi connectivity index (χ3n) is 3.92. The van der Waals surface area contributed by atoms with Crippen molar-refractivity contribution in [2.45, 2.75) is 12.8 Å². The van der Waals surface area contributed by atoms with Crippen molar-refractivity contribution in [2.24, 2.45) is 17.8 Å². The zero-order valence-electron chi connectivity index (χ0n) is 10.0. The molecule has 0 N–H and O–H groups in total. The molecule has 0 aliphatic heterocycles. The molecule has 2 bridgehead atoms. The summed E-state index contributed by atoms with van der Waals surface area (Å²) in [7, 11) is 0. The molecule has 1 saturated carbocycles. The van der Waals surface area contributed by atoms with E-state index in [1.807, 2.05) is 0 Å². The van der Waals surface area contributed by atoms with E-state index in [2.05, 4.69) is 12.2 Å². The molecule has 94 valence electrons. The van der Waals surface area contributed by atoms with E-state index in [0.29, 0.717) is 34.9 Å². The Hall–Kier alpha value is -1.28. The molecule has 0 amide bonds. The fraction of sp³-hybridized carbons (Fsp3) is 0.400. The van der Waals surface area contributed by atoms with Crippen LogP contribution in [0.25, 0.3) is 0 Å². The van der Waals surface area contributed by atoms with Crippen LogP contribution in [0.2, 0.25) is 5.02 Å². The number of esters is 1. The quantitative estimate of drug-likeness (QED) is 0.613. The fourth-order valence-corrected chi connectivity index (χ4v) is 3.06. The molecule has 3 heteroatoms. The van der Waals surface area contributed by atoms with Gasteiger partial charge in [0, 0.05) is 5.02 Å². The molecule has 0 radical (unpaired) electrons. The third-order valence-corrected chi connectivity index (χ3v) is 4.18. The third kappa shape index (κ3) is 2.30. The average molecular weight is 263 g/mol. The monoisotopic (exact) mass is 262 g/mol. The maximum absolute atomic E-state index is 11.8. The Morgan fingerprint density at radius 1 is 1.22 bits per heavy atom. The molecule has 0 aromatic heterocycles. The molecule has 3 atom stereocenters. The number of rotatable bonds is 3. The molecule has 3 rings (SSSR count). The summed E-state index contributed by atoms with van der Waals surface area (Å²) < 4.78 is 5.39. The van der Waals surface area contributed by atoms with Gasteiger partial charge in [-0.2, -0.15) is 0 Å². The van der Waals surface area contributed by atoms with Crippen molar-refractivity contribution in [3.63, 3.8) is 0 Å². The van der Waals surface area contributed by atoms with E-state index in [1.165, 1.54) is 6.42 Å². The smallest absolute Gasteiger partial charge is 0.338 e. The van der Waals surface area contributed by atoms with Crippen molar-refractivity contribution in [3.8, 4) is 0 Å². The Bertz CT molecular complexity index is 478. The standard InChI is InChI=1S/C15H15ClO2/c16-14-5-3-11(4-6-14)15(17)18-9-13-8-10-1-2-12(13)7-10/h1-6,10,12-13H,7-9H2. The zero-order chi connectivity index (χ0) is 12.5. The highest BCUT2D eigenvalue weighted by Gasteiger charge is 2.36. The maximum atomic E-state index is 11.8. The first-order chi connectivity index (χ1) is 8.72. The molecule has 2 nitrogen and oxygen atoms in total. The van der Waals surface area contributed by atoms with Crippen molar-refractivity contribution in [3.05, 3.63) is 47.0 Å². The van der Waals surface area contributed by atoms with Crippen molar-refractivity contribution in [1.29, 1.82) is 0 Å². The first kappa shape index (κ1) is 11.8. The number of fused-ring (bicyclic) bond motifs is 2. The van der Waals surface area contributed by atoms with Gasteiger partial charge in [0.05, 0.1) is 12.2 Å². The number of carbonyl (C=O) groups is 1. The Labute approximate surface area is 112 Å². The molecule has 2 aliphatic rings. The number of carbonyl (C=O) groups excluding carboxylic acids is 1. The fourth-order valence-electron chi connectivity index (χ4n) is 2.94. The Kier molecular flexibility index (Phi) is 3.13. The second-order valence-corrected chi connectivity index (χ2v) is 5.58. The minimum atomic E-state index is -0.251. The number of halogens is 1. The molecule has 0 spiro atoms. The largest absolute Gasteiger partial charge is 0.462 e. The van der Waals surface area contributed by atoms with Gasteiger partial charge in [0.1, 0.15) is 0 Å². The van der Waals surface area contributed by atoms with Crippen molar-refractivity contribution in [2.75, 3.05) is 6.61 Å². The van der Waals surface area contributed by atoms with E-state index < -0.39 is 0 Å². The van der Waals surface area contributed by atoms with Crippen LogP contribution in [0, 0.1) is 17.8 Å². The molecule has 18 heavy (non-hydrogen) atoms. The Morgan fingerprint density at radius 2 is 2.00 bits per heavy atom. The highest BCUT2D eigenvalue weighted by Crippen LogP contribution is 2.43. The van der Waals surface area contributed by atoms with Crippen molar-refractivity contribution < 1.29 is 9.53 Å². The molecule has 2 aliphatic carbocycles. The van der Waals surface area contributed by atoms with E-state index in [9.17, 15) is 4.79 Å². The van der Waals surface area contributed by atoms with E-state index in [0.717, 1.165) is 6.42 Å². The molecular formula is C15H15ClO2. The molecule has 0 saturated heterocycles. The predicted octanol–water partition coefficient (Wildman–Crippen LogP) is 3.71. The lowest BCUT2D eigenvalue weighted by molar-refractivity contribution is 0.0421. The summed E-state index contributed by atoms with van der Waals surface area (Å²) in [5.41, 5.74) is 0.568. The molecule has 3 unspecified atom stereocenters. The minimum absolute atomic E-state index is 0.251. The number of ether oxygens (including phenoxy) is 1. The van der Waals surface area contributed by atoms with Gasteiger partial charge < -0.3 is 4.74 Å². The second kappa shape index (κ2) is 4.77. The summed E-state index contributed by atoms with van der Waals surface area (Å²) in [6.45, 7) is 0.535. The van der Waals surface area contributed by atoms with Gasteiger partial charge >= 0.3 is 5.97 Å². The van der Waals surface area contributed by atoms with Crippen LogP contribution in [0.1, 0.15) is 23.2 Å². The van der Waals surface area contributed by atoms with Crippen molar-refractivity contribution in [1.82, 2.24) is 0 Å². The summed E-state index contributed by atoms with van der Waals surface area (Å²) in [6.07, 6.45) is 6.97. The van der Waals surface area contributed by atoms with E-state index in [4.69, 9.17) is 16.3 Å². The van der Waals surface area contributed by atoms with Gasteiger partial charge in [0.15, 0.2) is 0 Å². The minimum Gasteiger partial charge on any atom is -0.462 e. The first-order valence-corrected chi connectivity index (χ1v) is 6.71. The second-order valence-electron chi connectivity index (χ2n) is 5.15. The molecule has 1 aromatic carbocycles. The van der Waals surface area contributed by atoms with Gasteiger partial charge in [-0.25, -0.2) is 4.79 Å². The number of allylic oxidation sites excluding steroid dienone is 2. The lowest BCUT2D eigenvalue weighted by Gasteiger charge is -2.17. The van der Waals surface area contributed by atoms with Gasteiger partial charge in [-0.05, 0) is 54.9 Å². The molecule has 1 fully saturated rings. The van der Waals surface area contributed by atoms with Crippen LogP contribution in [0.3, 0.4) is 0 Å². The topological polar surface area (TPSA) is 26.3 Å². The summed E-state index contributed by atoms with van der Waals surface area (Å²) in [4.78, 5) is 11.8. The normalized spacial score (nSPS) is 28.6. The van der Waals surface area contributed by atoms with Crippen LogP contribution in [-0.4, -0.2) is 12.6 Å². The van der Waals surface area contributed by atoms with Crippen LogP contribution in [0.15, 0.2) is 36.4 Å². The lowest BCUT2D eigenvalue weighted by Crippen LogP contribution is -2.17. The molecule has 0 heterocycles. The van der Waals surface area contributed by atoms with Crippen LogP contribution < -0.4 is 0 Å². The number of hydrogen-bond acceptors (Lipinski definition) is 2. The van der Waals surface area contributed by atoms with E-state index in [-0.39, 0.29) is 5.97 Å². The van der Waals surface area contributed by atoms with Crippen LogP contribution in [0.5, 0.6) is 0 Å². The number of hydrogen-bond donors (Lipinski definition) is 0. The average Bonchev–Trinajstić information content (AvgIpc) is 2.99. The van der Waals surface area contributed by atoms with Crippen LogP contribution >= 0.6 is 11.6 Å². The van der Waals surface area contributed by atoms with Gasteiger partial charge in [-0.15, -0.1) is 0 Å². The first-order valence-electron chi connectivity index (χ1n) is 6.33. The molecular weight excluding hydrogens is 248 g/mol. The predicted molar refractivity (Wildman–Crippen MR) is 70.6 cm³/mol. The van der Waals surface area contributed by atoms with Crippen LogP contribution in [0.4, 0.5) is 0 Å². The van der Waals surface area contributed by atoms with Crippen molar-refractivity contribution >= 4 is 17.6 Å². The highest BCUT2D eigenvalue weighted by molar-refractivity contribution is 6.30. The Balaban J connectivity index is 1.56. The van der Waals surface area contributed by atoms with Gasteiger partial charge in [0.2, 0.25) is 0 Å². The SMILES string of the molecule is O=C(OCC1CC2C=CC1C2)c1ccc(Cl)cc1. The summed E-state index contributed by atoms with van der Waals surface area (Å²) in [6, 6.07) is 6.81. The summed E-state index contributed by atoms with van der Waals surface area (Å²) in [5, 5.41) is 0.629.